The summed E-state index contributed by atoms with van der Waals surface area (Å²) in [6.45, 7) is 1.18. The summed E-state index contributed by atoms with van der Waals surface area (Å²) >= 11 is 0. The van der Waals surface area contributed by atoms with Crippen LogP contribution in [0.25, 0.3) is 0 Å². The molecule has 3 aliphatic rings. The Kier molecular flexibility index (Phi) is 5.61. The predicted octanol–water partition coefficient (Wildman–Crippen LogP) is 2.41. The van der Waals surface area contributed by atoms with Crippen molar-refractivity contribution in [3.63, 3.8) is 0 Å². The first-order valence-electron chi connectivity index (χ1n) is 9.70. The number of anilines is 2. The van der Waals surface area contributed by atoms with E-state index in [9.17, 15) is 18.0 Å². The summed E-state index contributed by atoms with van der Waals surface area (Å²) in [6, 6.07) is 6.24. The summed E-state index contributed by atoms with van der Waals surface area (Å²) in [5, 5.41) is 2.85. The van der Waals surface area contributed by atoms with Crippen molar-refractivity contribution in [1.29, 1.82) is 0 Å². The number of carbonyl (C=O) groups excluding carboxylic acids is 1. The number of rotatable bonds is 6. The lowest BCUT2D eigenvalue weighted by Crippen LogP contribution is -2.69. The number of carbonyl (C=O) groups is 1. The first kappa shape index (κ1) is 21.2. The highest BCUT2D eigenvalue weighted by molar-refractivity contribution is 5.94. The topological polar surface area (TPSA) is 79.8 Å². The molecule has 2 atom stereocenters. The third-order valence-corrected chi connectivity index (χ3v) is 5.62. The molecule has 3 fully saturated rings. The van der Waals surface area contributed by atoms with Crippen molar-refractivity contribution in [3.8, 4) is 11.5 Å². The Morgan fingerprint density at radius 3 is 2.55 bits per heavy atom. The zero-order chi connectivity index (χ0) is 22.2. The fourth-order valence-corrected chi connectivity index (χ4v) is 4.07. The summed E-state index contributed by atoms with van der Waals surface area (Å²) in [6.07, 6.45) is -2.68. The van der Waals surface area contributed by atoms with Gasteiger partial charge in [-0.15, -0.1) is 0 Å². The molecule has 1 aromatic carbocycles. The van der Waals surface area contributed by atoms with Gasteiger partial charge < -0.3 is 19.7 Å². The van der Waals surface area contributed by atoms with Crippen LogP contribution < -0.4 is 19.7 Å². The maximum atomic E-state index is 12.9. The van der Waals surface area contributed by atoms with Crippen molar-refractivity contribution in [3.05, 3.63) is 36.3 Å². The van der Waals surface area contributed by atoms with Crippen LogP contribution in [0.4, 0.5) is 24.7 Å². The Morgan fingerprint density at radius 2 is 1.90 bits per heavy atom. The standard InChI is InChI=1S/C20H22F3N5O3/c1-30-14-3-4-16(31-2)15(6-14)26-19(29)10-28-12-5-13(28)9-27(8-12)18-7-17(20(21,22)23)24-11-25-18/h3-4,6-7,11-13H,5,8-10H2,1-2H3,(H,26,29). The van der Waals surface area contributed by atoms with E-state index in [0.29, 0.717) is 30.3 Å². The van der Waals surface area contributed by atoms with Gasteiger partial charge in [0.15, 0.2) is 0 Å². The fourth-order valence-electron chi connectivity index (χ4n) is 4.07. The molecule has 5 rings (SSSR count). The summed E-state index contributed by atoms with van der Waals surface area (Å²) in [4.78, 5) is 23.8. The van der Waals surface area contributed by atoms with Gasteiger partial charge in [0.1, 0.15) is 29.3 Å². The smallest absolute Gasteiger partial charge is 0.433 e. The molecule has 1 amide bonds. The number of methoxy groups -OCH3 is 2. The van der Waals surface area contributed by atoms with Crippen LogP contribution in [0, 0.1) is 0 Å². The highest BCUT2D eigenvalue weighted by Gasteiger charge is 2.46. The lowest BCUT2D eigenvalue weighted by molar-refractivity contribution is -0.141. The number of amides is 1. The van der Waals surface area contributed by atoms with Gasteiger partial charge in [0.05, 0.1) is 26.5 Å². The molecule has 8 nitrogen and oxygen atoms in total. The van der Waals surface area contributed by atoms with E-state index < -0.39 is 11.9 Å². The number of nitrogens with one attached hydrogen (secondary N) is 1. The Morgan fingerprint density at radius 1 is 1.16 bits per heavy atom. The molecule has 166 valence electrons. The van der Waals surface area contributed by atoms with E-state index in [1.54, 1.807) is 18.2 Å². The first-order valence-corrected chi connectivity index (χ1v) is 9.70. The number of halogens is 3. The van der Waals surface area contributed by atoms with E-state index in [4.69, 9.17) is 9.47 Å². The van der Waals surface area contributed by atoms with Crippen molar-refractivity contribution in [2.45, 2.75) is 24.7 Å². The lowest BCUT2D eigenvalue weighted by atomic mass is 9.87. The van der Waals surface area contributed by atoms with Gasteiger partial charge in [-0.1, -0.05) is 0 Å². The molecular weight excluding hydrogens is 415 g/mol. The molecule has 0 saturated carbocycles. The van der Waals surface area contributed by atoms with Gasteiger partial charge in [-0.2, -0.15) is 13.2 Å². The van der Waals surface area contributed by atoms with Crippen LogP contribution in [0.15, 0.2) is 30.6 Å². The summed E-state index contributed by atoms with van der Waals surface area (Å²) in [5.41, 5.74) is -0.444. The average molecular weight is 437 g/mol. The van der Waals surface area contributed by atoms with Gasteiger partial charge >= 0.3 is 6.18 Å². The predicted molar refractivity (Wildman–Crippen MR) is 106 cm³/mol. The van der Waals surface area contributed by atoms with Crippen LogP contribution in [0.1, 0.15) is 12.1 Å². The van der Waals surface area contributed by atoms with Crippen LogP contribution in [-0.4, -0.2) is 66.7 Å². The van der Waals surface area contributed by atoms with Gasteiger partial charge in [-0.05, 0) is 18.6 Å². The Bertz CT molecular complexity index is 959. The Hall–Kier alpha value is -3.08. The summed E-state index contributed by atoms with van der Waals surface area (Å²) in [5.74, 6) is 1.17. The van der Waals surface area contributed by atoms with Crippen molar-refractivity contribution in [2.24, 2.45) is 0 Å². The van der Waals surface area contributed by atoms with E-state index in [0.717, 1.165) is 18.8 Å². The monoisotopic (exact) mass is 437 g/mol. The number of alkyl halides is 3. The summed E-state index contributed by atoms with van der Waals surface area (Å²) in [7, 11) is 3.05. The maximum absolute atomic E-state index is 12.9. The van der Waals surface area contributed by atoms with Crippen LogP contribution >= 0.6 is 0 Å². The number of fused-ring (bicyclic) bond motifs is 2. The van der Waals surface area contributed by atoms with Crippen molar-refractivity contribution in [1.82, 2.24) is 14.9 Å². The first-order chi connectivity index (χ1) is 14.8. The average Bonchev–Trinajstić information content (AvgIpc) is 2.77. The van der Waals surface area contributed by atoms with Gasteiger partial charge in [0, 0.05) is 37.3 Å². The van der Waals surface area contributed by atoms with Crippen LogP contribution in [-0.2, 0) is 11.0 Å². The number of nitrogens with zero attached hydrogens (tertiary/aromatic N) is 4. The van der Waals surface area contributed by atoms with E-state index >= 15 is 0 Å². The van der Waals surface area contributed by atoms with E-state index in [2.05, 4.69) is 20.2 Å². The molecule has 2 unspecified atom stereocenters. The molecule has 4 heterocycles. The number of ether oxygens (including phenoxy) is 2. The third-order valence-electron chi connectivity index (χ3n) is 5.62. The molecule has 1 aromatic heterocycles. The minimum Gasteiger partial charge on any atom is -0.497 e. The van der Waals surface area contributed by atoms with Gasteiger partial charge in [0.25, 0.3) is 0 Å². The Labute approximate surface area is 177 Å². The molecule has 3 saturated heterocycles. The molecule has 1 N–H and O–H groups in total. The number of piperidine rings is 1. The zero-order valence-corrected chi connectivity index (χ0v) is 17.0. The third kappa shape index (κ3) is 4.36. The molecule has 31 heavy (non-hydrogen) atoms. The fraction of sp³-hybridized carbons (Fsp3) is 0.450. The van der Waals surface area contributed by atoms with Gasteiger partial charge in [-0.3, -0.25) is 9.69 Å². The van der Waals surface area contributed by atoms with Crippen LogP contribution in [0.3, 0.4) is 0 Å². The SMILES string of the molecule is COc1ccc(OC)c(NC(=O)CN2C3CC2CN(c2cc(C(F)(F)F)ncn2)C3)c1. The molecule has 0 spiro atoms. The quantitative estimate of drug-likeness (QED) is 0.744. The second kappa shape index (κ2) is 8.22. The number of piperazine rings is 1. The highest BCUT2D eigenvalue weighted by atomic mass is 19.4. The lowest BCUT2D eigenvalue weighted by Gasteiger charge is -2.56. The molecule has 2 aromatic rings. The molecule has 11 heteroatoms. The normalized spacial score (nSPS) is 20.7. The Balaban J connectivity index is 1.38. The highest BCUT2D eigenvalue weighted by Crippen LogP contribution is 2.36. The second-order valence-electron chi connectivity index (χ2n) is 7.49. The van der Waals surface area contributed by atoms with Crippen molar-refractivity contribution < 1.29 is 27.4 Å². The van der Waals surface area contributed by atoms with Crippen molar-refractivity contribution in [2.75, 3.05) is 44.1 Å². The van der Waals surface area contributed by atoms with E-state index in [1.807, 2.05) is 4.90 Å². The number of hydrogen-bond donors (Lipinski definition) is 1. The van der Waals surface area contributed by atoms with E-state index in [1.165, 1.54) is 14.2 Å². The molecule has 3 aliphatic heterocycles. The molecule has 2 bridgehead atoms. The second-order valence-corrected chi connectivity index (χ2v) is 7.49. The molecular formula is C20H22F3N5O3. The van der Waals surface area contributed by atoms with E-state index in [-0.39, 0.29) is 30.4 Å². The summed E-state index contributed by atoms with van der Waals surface area (Å²) < 4.78 is 49.3. The number of aromatic nitrogens is 2. The maximum Gasteiger partial charge on any atom is 0.433 e. The molecule has 0 radical (unpaired) electrons. The van der Waals surface area contributed by atoms with Gasteiger partial charge in [-0.25, -0.2) is 9.97 Å². The van der Waals surface area contributed by atoms with Crippen LogP contribution in [0.5, 0.6) is 11.5 Å². The number of hydrogen-bond acceptors (Lipinski definition) is 7. The van der Waals surface area contributed by atoms with Gasteiger partial charge in [0.2, 0.25) is 5.91 Å². The minimum atomic E-state index is -4.51. The zero-order valence-electron chi connectivity index (χ0n) is 17.0. The van der Waals surface area contributed by atoms with Crippen molar-refractivity contribution >= 4 is 17.4 Å². The molecule has 0 aliphatic carbocycles. The van der Waals surface area contributed by atoms with Crippen LogP contribution in [0.2, 0.25) is 0 Å². The largest absolute Gasteiger partial charge is 0.497 e. The minimum absolute atomic E-state index is 0.0704. The number of benzene rings is 1.